The molecule has 11 heavy (non-hydrogen) atoms. The van der Waals surface area contributed by atoms with Gasteiger partial charge in [-0.05, 0) is 19.8 Å². The molecule has 0 spiro atoms. The zero-order chi connectivity index (χ0) is 8.27. The van der Waals surface area contributed by atoms with Gasteiger partial charge >= 0.3 is 6.09 Å². The van der Waals surface area contributed by atoms with E-state index in [4.69, 9.17) is 10.5 Å². The van der Waals surface area contributed by atoms with Crippen LogP contribution in [0.2, 0.25) is 0 Å². The first-order valence-corrected chi connectivity index (χ1v) is 3.92. The van der Waals surface area contributed by atoms with E-state index >= 15 is 0 Å². The van der Waals surface area contributed by atoms with Crippen LogP contribution >= 0.6 is 0 Å². The van der Waals surface area contributed by atoms with E-state index in [1.807, 2.05) is 6.92 Å². The molecule has 0 aromatic carbocycles. The molecular weight excluding hydrogens is 144 g/mol. The van der Waals surface area contributed by atoms with Crippen LogP contribution < -0.4 is 11.1 Å². The molecule has 0 radical (unpaired) electrons. The molecule has 64 valence electrons. The summed E-state index contributed by atoms with van der Waals surface area (Å²) in [6.07, 6.45) is 1.33. The lowest BCUT2D eigenvalue weighted by molar-refractivity contribution is 0.0416. The van der Waals surface area contributed by atoms with Gasteiger partial charge in [0.25, 0.3) is 0 Å². The lowest BCUT2D eigenvalue weighted by Crippen LogP contribution is -2.44. The Morgan fingerprint density at radius 3 is 2.82 bits per heavy atom. The van der Waals surface area contributed by atoms with Crippen molar-refractivity contribution in [3.8, 4) is 0 Å². The van der Waals surface area contributed by atoms with Gasteiger partial charge in [-0.25, -0.2) is 4.79 Å². The summed E-state index contributed by atoms with van der Waals surface area (Å²) in [4.78, 5) is 10.8. The molecule has 0 bridgehead atoms. The Balaban J connectivity index is 2.07. The second kappa shape index (κ2) is 3.57. The second-order valence-electron chi connectivity index (χ2n) is 2.79. The third kappa shape index (κ3) is 2.38. The van der Waals surface area contributed by atoms with E-state index in [1.54, 1.807) is 0 Å². The standard InChI is InChI=1S/C7H14N2O2/c1-2-9-7(10)11-6-3-5(8)4-6/h5-6H,2-4,8H2,1H3,(H,9,10). The maximum atomic E-state index is 10.8. The first kappa shape index (κ1) is 8.33. The van der Waals surface area contributed by atoms with Crippen LogP contribution in [0.4, 0.5) is 4.79 Å². The fourth-order valence-electron chi connectivity index (χ4n) is 1.04. The fourth-order valence-corrected chi connectivity index (χ4v) is 1.04. The van der Waals surface area contributed by atoms with Gasteiger partial charge < -0.3 is 15.8 Å². The molecule has 4 nitrogen and oxygen atoms in total. The first-order valence-electron chi connectivity index (χ1n) is 3.92. The van der Waals surface area contributed by atoms with Crippen molar-refractivity contribution in [2.24, 2.45) is 5.73 Å². The number of ether oxygens (including phenoxy) is 1. The third-order valence-corrected chi connectivity index (χ3v) is 1.73. The van der Waals surface area contributed by atoms with Crippen LogP contribution in [0.1, 0.15) is 19.8 Å². The van der Waals surface area contributed by atoms with Crippen molar-refractivity contribution >= 4 is 6.09 Å². The first-order chi connectivity index (χ1) is 5.22. The molecule has 0 saturated heterocycles. The van der Waals surface area contributed by atoms with Gasteiger partial charge in [0.2, 0.25) is 0 Å². The van der Waals surface area contributed by atoms with E-state index in [-0.39, 0.29) is 18.2 Å². The molecule has 0 aromatic heterocycles. The van der Waals surface area contributed by atoms with Crippen LogP contribution in [0.25, 0.3) is 0 Å². The molecule has 0 unspecified atom stereocenters. The van der Waals surface area contributed by atoms with Crippen LogP contribution in [-0.2, 0) is 4.74 Å². The number of rotatable bonds is 2. The second-order valence-corrected chi connectivity index (χ2v) is 2.79. The number of carbonyl (C=O) groups is 1. The van der Waals surface area contributed by atoms with E-state index in [1.165, 1.54) is 0 Å². The lowest BCUT2D eigenvalue weighted by Gasteiger charge is -2.31. The van der Waals surface area contributed by atoms with Gasteiger partial charge in [0, 0.05) is 12.6 Å². The molecule has 3 N–H and O–H groups in total. The van der Waals surface area contributed by atoms with Gasteiger partial charge in [-0.1, -0.05) is 0 Å². The molecule has 0 atom stereocenters. The highest BCUT2D eigenvalue weighted by Gasteiger charge is 2.28. The van der Waals surface area contributed by atoms with Crippen LogP contribution in [0.15, 0.2) is 0 Å². The van der Waals surface area contributed by atoms with Crippen molar-refractivity contribution in [2.45, 2.75) is 31.9 Å². The largest absolute Gasteiger partial charge is 0.446 e. The Morgan fingerprint density at radius 1 is 1.73 bits per heavy atom. The monoisotopic (exact) mass is 158 g/mol. The van der Waals surface area contributed by atoms with Crippen molar-refractivity contribution in [2.75, 3.05) is 6.54 Å². The minimum absolute atomic E-state index is 0.0524. The van der Waals surface area contributed by atoms with Crippen molar-refractivity contribution in [1.82, 2.24) is 5.32 Å². The summed E-state index contributed by atoms with van der Waals surface area (Å²) in [5, 5.41) is 2.56. The highest BCUT2D eigenvalue weighted by molar-refractivity contribution is 5.67. The normalized spacial score (nSPS) is 28.9. The molecule has 1 rings (SSSR count). The Hall–Kier alpha value is -0.770. The highest BCUT2D eigenvalue weighted by Crippen LogP contribution is 2.20. The predicted molar refractivity (Wildman–Crippen MR) is 41.2 cm³/mol. The Kier molecular flexibility index (Phi) is 2.70. The summed E-state index contributed by atoms with van der Waals surface area (Å²) in [7, 11) is 0. The van der Waals surface area contributed by atoms with Gasteiger partial charge in [-0.3, -0.25) is 0 Å². The summed E-state index contributed by atoms with van der Waals surface area (Å²) < 4.78 is 4.97. The van der Waals surface area contributed by atoms with Gasteiger partial charge in [-0.15, -0.1) is 0 Å². The molecule has 1 fully saturated rings. The number of carbonyl (C=O) groups excluding carboxylic acids is 1. The van der Waals surface area contributed by atoms with E-state index in [2.05, 4.69) is 5.32 Å². The van der Waals surface area contributed by atoms with E-state index in [0.29, 0.717) is 6.54 Å². The smallest absolute Gasteiger partial charge is 0.407 e. The minimum Gasteiger partial charge on any atom is -0.446 e. The van der Waals surface area contributed by atoms with E-state index in [9.17, 15) is 4.79 Å². The maximum Gasteiger partial charge on any atom is 0.407 e. The van der Waals surface area contributed by atoms with Crippen molar-refractivity contribution in [1.29, 1.82) is 0 Å². The summed E-state index contributed by atoms with van der Waals surface area (Å²) in [5.41, 5.74) is 5.51. The van der Waals surface area contributed by atoms with Crippen LogP contribution in [0.5, 0.6) is 0 Å². The molecule has 0 heterocycles. The summed E-state index contributed by atoms with van der Waals surface area (Å²) in [5.74, 6) is 0. The summed E-state index contributed by atoms with van der Waals surface area (Å²) >= 11 is 0. The fraction of sp³-hybridized carbons (Fsp3) is 0.857. The van der Waals surface area contributed by atoms with E-state index in [0.717, 1.165) is 12.8 Å². The number of hydrogen-bond donors (Lipinski definition) is 2. The van der Waals surface area contributed by atoms with Crippen LogP contribution in [0, 0.1) is 0 Å². The quantitative estimate of drug-likeness (QED) is 0.604. The van der Waals surface area contributed by atoms with Gasteiger partial charge in [-0.2, -0.15) is 0 Å². The molecule has 1 saturated carbocycles. The molecule has 1 aliphatic rings. The predicted octanol–water partition coefficient (Wildman–Crippen LogP) is 0.222. The number of alkyl carbamates (subject to hydrolysis) is 1. The summed E-state index contributed by atoms with van der Waals surface area (Å²) in [6, 6.07) is 0.231. The van der Waals surface area contributed by atoms with Crippen LogP contribution in [-0.4, -0.2) is 24.8 Å². The number of nitrogens with one attached hydrogen (secondary N) is 1. The topological polar surface area (TPSA) is 64.3 Å². The van der Waals surface area contributed by atoms with Gasteiger partial charge in [0.1, 0.15) is 6.10 Å². The minimum atomic E-state index is -0.329. The molecule has 1 aliphatic carbocycles. The zero-order valence-electron chi connectivity index (χ0n) is 6.67. The van der Waals surface area contributed by atoms with Crippen molar-refractivity contribution < 1.29 is 9.53 Å². The SMILES string of the molecule is CCNC(=O)OC1CC(N)C1. The highest BCUT2D eigenvalue weighted by atomic mass is 16.6. The third-order valence-electron chi connectivity index (χ3n) is 1.73. The molecular formula is C7H14N2O2. The van der Waals surface area contributed by atoms with E-state index < -0.39 is 0 Å². The number of nitrogens with two attached hydrogens (primary N) is 1. The number of amides is 1. The van der Waals surface area contributed by atoms with Gasteiger partial charge in [0.05, 0.1) is 0 Å². The molecule has 4 heteroatoms. The van der Waals surface area contributed by atoms with Crippen molar-refractivity contribution in [3.05, 3.63) is 0 Å². The molecule has 0 aromatic rings. The summed E-state index contributed by atoms with van der Waals surface area (Å²) in [6.45, 7) is 2.46. The Labute approximate surface area is 66.1 Å². The maximum absolute atomic E-state index is 10.8. The average Bonchev–Trinajstić information content (AvgIpc) is 1.85. The Morgan fingerprint density at radius 2 is 2.36 bits per heavy atom. The van der Waals surface area contributed by atoms with Crippen LogP contribution in [0.3, 0.4) is 0 Å². The lowest BCUT2D eigenvalue weighted by atomic mass is 9.90. The number of hydrogen-bond acceptors (Lipinski definition) is 3. The molecule has 0 aliphatic heterocycles. The van der Waals surface area contributed by atoms with Crippen molar-refractivity contribution in [3.63, 3.8) is 0 Å². The zero-order valence-corrected chi connectivity index (χ0v) is 6.67. The average molecular weight is 158 g/mol. The molecule has 1 amide bonds. The Bertz CT molecular complexity index is 143. The van der Waals surface area contributed by atoms with Gasteiger partial charge in [0.15, 0.2) is 0 Å².